The van der Waals surface area contributed by atoms with E-state index in [0.29, 0.717) is 17.7 Å². The summed E-state index contributed by atoms with van der Waals surface area (Å²) in [6.45, 7) is 4.15. The standard InChI is InChI=1S/C19H23N3O2.ClH/c1-3-20-12-13-21-18(23)15-8-7-9-16(14-15)19(24)22(2)17-10-5-4-6-11-17;/h4-11,14,20H,3,12-13H2,1-2H3,(H,21,23);1H. The third kappa shape index (κ3) is 5.89. The van der Waals surface area contributed by atoms with Crippen LogP contribution in [0.5, 0.6) is 0 Å². The van der Waals surface area contributed by atoms with Crippen molar-refractivity contribution in [2.24, 2.45) is 0 Å². The Morgan fingerprint density at radius 3 is 2.32 bits per heavy atom. The zero-order valence-corrected chi connectivity index (χ0v) is 15.3. The van der Waals surface area contributed by atoms with Gasteiger partial charge in [0, 0.05) is 37.0 Å². The molecular formula is C19H24ClN3O2. The molecule has 0 aromatic heterocycles. The van der Waals surface area contributed by atoms with Crippen LogP contribution in [0, 0.1) is 0 Å². The van der Waals surface area contributed by atoms with Crippen molar-refractivity contribution < 1.29 is 9.59 Å². The van der Waals surface area contributed by atoms with Crippen LogP contribution in [0.25, 0.3) is 0 Å². The lowest BCUT2D eigenvalue weighted by molar-refractivity contribution is 0.0954. The Morgan fingerprint density at radius 2 is 1.64 bits per heavy atom. The summed E-state index contributed by atoms with van der Waals surface area (Å²) in [5.41, 5.74) is 1.78. The Hall–Kier alpha value is -2.37. The first-order chi connectivity index (χ1) is 11.6. The molecule has 0 saturated heterocycles. The lowest BCUT2D eigenvalue weighted by Gasteiger charge is -2.17. The first kappa shape index (κ1) is 20.7. The van der Waals surface area contributed by atoms with E-state index >= 15 is 0 Å². The van der Waals surface area contributed by atoms with Crippen LogP contribution in [0.3, 0.4) is 0 Å². The van der Waals surface area contributed by atoms with E-state index in [4.69, 9.17) is 0 Å². The average Bonchev–Trinajstić information content (AvgIpc) is 2.64. The quantitative estimate of drug-likeness (QED) is 0.745. The molecule has 5 nitrogen and oxygen atoms in total. The van der Waals surface area contributed by atoms with Gasteiger partial charge in [0.05, 0.1) is 0 Å². The number of carbonyl (C=O) groups excluding carboxylic acids is 2. The van der Waals surface area contributed by atoms with Crippen molar-refractivity contribution in [3.8, 4) is 0 Å². The Bertz CT molecular complexity index is 692. The van der Waals surface area contributed by atoms with Crippen LogP contribution in [0.4, 0.5) is 5.69 Å². The number of amides is 2. The maximum absolute atomic E-state index is 12.6. The predicted molar refractivity (Wildman–Crippen MR) is 104 cm³/mol. The molecule has 0 aliphatic heterocycles. The Labute approximate surface area is 154 Å². The second kappa shape index (κ2) is 10.5. The number of likely N-dealkylation sites (N-methyl/N-ethyl adjacent to an activating group) is 1. The molecular weight excluding hydrogens is 338 g/mol. The third-order valence-corrected chi connectivity index (χ3v) is 3.66. The molecule has 0 aliphatic carbocycles. The van der Waals surface area contributed by atoms with Gasteiger partial charge in [0.25, 0.3) is 11.8 Å². The number of nitrogens with zero attached hydrogens (tertiary/aromatic N) is 1. The number of hydrogen-bond acceptors (Lipinski definition) is 3. The molecule has 0 unspecified atom stereocenters. The van der Waals surface area contributed by atoms with E-state index < -0.39 is 0 Å². The van der Waals surface area contributed by atoms with Gasteiger partial charge in [-0.2, -0.15) is 0 Å². The molecule has 134 valence electrons. The van der Waals surface area contributed by atoms with E-state index in [0.717, 1.165) is 18.8 Å². The molecule has 2 N–H and O–H groups in total. The van der Waals surface area contributed by atoms with Gasteiger partial charge in [0.1, 0.15) is 0 Å². The highest BCUT2D eigenvalue weighted by Gasteiger charge is 2.15. The molecule has 2 amide bonds. The summed E-state index contributed by atoms with van der Waals surface area (Å²) < 4.78 is 0. The molecule has 0 bridgehead atoms. The van der Waals surface area contributed by atoms with Crippen LogP contribution in [-0.4, -0.2) is 38.5 Å². The van der Waals surface area contributed by atoms with Crippen molar-refractivity contribution in [3.63, 3.8) is 0 Å². The van der Waals surface area contributed by atoms with Crippen molar-refractivity contribution in [1.82, 2.24) is 10.6 Å². The highest BCUT2D eigenvalue weighted by atomic mass is 35.5. The molecule has 0 aliphatic rings. The molecule has 0 heterocycles. The van der Waals surface area contributed by atoms with Crippen LogP contribution in [0.15, 0.2) is 54.6 Å². The Kier molecular flexibility index (Phi) is 8.67. The molecule has 0 spiro atoms. The lowest BCUT2D eigenvalue weighted by Crippen LogP contribution is -2.32. The largest absolute Gasteiger partial charge is 0.351 e. The summed E-state index contributed by atoms with van der Waals surface area (Å²) in [5, 5.41) is 5.98. The van der Waals surface area contributed by atoms with Gasteiger partial charge in [-0.25, -0.2) is 0 Å². The molecule has 2 aromatic carbocycles. The summed E-state index contributed by atoms with van der Waals surface area (Å²) in [7, 11) is 1.72. The summed E-state index contributed by atoms with van der Waals surface area (Å²) in [6.07, 6.45) is 0. The first-order valence-electron chi connectivity index (χ1n) is 8.05. The van der Waals surface area contributed by atoms with Crippen molar-refractivity contribution in [3.05, 3.63) is 65.7 Å². The van der Waals surface area contributed by atoms with E-state index in [9.17, 15) is 9.59 Å². The van der Waals surface area contributed by atoms with Crippen molar-refractivity contribution in [2.75, 3.05) is 31.6 Å². The minimum absolute atomic E-state index is 0. The number of carbonyl (C=O) groups is 2. The monoisotopic (exact) mass is 361 g/mol. The second-order valence-electron chi connectivity index (χ2n) is 5.39. The zero-order chi connectivity index (χ0) is 17.4. The normalized spacial score (nSPS) is 9.84. The first-order valence-corrected chi connectivity index (χ1v) is 8.05. The van der Waals surface area contributed by atoms with Crippen molar-refractivity contribution in [1.29, 1.82) is 0 Å². The highest BCUT2D eigenvalue weighted by molar-refractivity contribution is 6.07. The van der Waals surface area contributed by atoms with Gasteiger partial charge in [-0.1, -0.05) is 31.2 Å². The predicted octanol–water partition coefficient (Wildman–Crippen LogP) is 2.72. The van der Waals surface area contributed by atoms with Gasteiger partial charge in [-0.05, 0) is 36.9 Å². The fraction of sp³-hybridized carbons (Fsp3) is 0.263. The van der Waals surface area contributed by atoms with Gasteiger partial charge < -0.3 is 15.5 Å². The summed E-state index contributed by atoms with van der Waals surface area (Å²) in [5.74, 6) is -0.326. The highest BCUT2D eigenvalue weighted by Crippen LogP contribution is 2.15. The molecule has 2 rings (SSSR count). The van der Waals surface area contributed by atoms with Crippen molar-refractivity contribution in [2.45, 2.75) is 6.92 Å². The fourth-order valence-corrected chi connectivity index (χ4v) is 2.30. The number of rotatable bonds is 7. The van der Waals surface area contributed by atoms with Crippen LogP contribution < -0.4 is 15.5 Å². The molecule has 6 heteroatoms. The number of benzene rings is 2. The minimum Gasteiger partial charge on any atom is -0.351 e. The molecule has 0 radical (unpaired) electrons. The van der Waals surface area contributed by atoms with E-state index in [1.54, 1.807) is 36.2 Å². The van der Waals surface area contributed by atoms with E-state index in [2.05, 4.69) is 10.6 Å². The molecule has 25 heavy (non-hydrogen) atoms. The summed E-state index contributed by atoms with van der Waals surface area (Å²) in [6, 6.07) is 16.2. The number of para-hydroxylation sites is 1. The van der Waals surface area contributed by atoms with Crippen LogP contribution >= 0.6 is 12.4 Å². The van der Waals surface area contributed by atoms with Gasteiger partial charge >= 0.3 is 0 Å². The fourth-order valence-electron chi connectivity index (χ4n) is 2.30. The van der Waals surface area contributed by atoms with Gasteiger partial charge in [0.2, 0.25) is 0 Å². The number of nitrogens with one attached hydrogen (secondary N) is 2. The van der Waals surface area contributed by atoms with Gasteiger partial charge in [-0.15, -0.1) is 12.4 Å². The van der Waals surface area contributed by atoms with E-state index in [-0.39, 0.29) is 24.2 Å². The zero-order valence-electron chi connectivity index (χ0n) is 14.5. The topological polar surface area (TPSA) is 61.4 Å². The summed E-state index contributed by atoms with van der Waals surface area (Å²) in [4.78, 5) is 26.3. The molecule has 0 atom stereocenters. The number of halogens is 1. The number of hydrogen-bond donors (Lipinski definition) is 2. The van der Waals surface area contributed by atoms with E-state index in [1.165, 1.54) is 0 Å². The number of anilines is 1. The SMILES string of the molecule is CCNCCNC(=O)c1cccc(C(=O)N(C)c2ccccc2)c1.Cl. The third-order valence-electron chi connectivity index (χ3n) is 3.66. The van der Waals surface area contributed by atoms with E-state index in [1.807, 2.05) is 37.3 Å². The molecule has 0 saturated carbocycles. The maximum atomic E-state index is 12.6. The molecule has 2 aromatic rings. The lowest BCUT2D eigenvalue weighted by atomic mass is 10.1. The Morgan fingerprint density at radius 1 is 0.960 bits per heavy atom. The van der Waals surface area contributed by atoms with Crippen molar-refractivity contribution >= 4 is 29.9 Å². The maximum Gasteiger partial charge on any atom is 0.258 e. The summed E-state index contributed by atoms with van der Waals surface area (Å²) >= 11 is 0. The van der Waals surface area contributed by atoms with Crippen LogP contribution in [-0.2, 0) is 0 Å². The Balaban J connectivity index is 0.00000312. The smallest absolute Gasteiger partial charge is 0.258 e. The van der Waals surface area contributed by atoms with Crippen LogP contribution in [0.2, 0.25) is 0 Å². The second-order valence-corrected chi connectivity index (χ2v) is 5.39. The van der Waals surface area contributed by atoms with Gasteiger partial charge in [-0.3, -0.25) is 9.59 Å². The minimum atomic E-state index is -0.176. The van der Waals surface area contributed by atoms with Crippen LogP contribution in [0.1, 0.15) is 27.6 Å². The average molecular weight is 362 g/mol. The molecule has 0 fully saturated rings. The van der Waals surface area contributed by atoms with Gasteiger partial charge in [0.15, 0.2) is 0 Å².